The summed E-state index contributed by atoms with van der Waals surface area (Å²) in [6, 6.07) is 0. The normalized spacial score (nSPS) is 14.0. The molecule has 0 N–H and O–H groups in total. The molecule has 22 heavy (non-hydrogen) atoms. The SMILES string of the molecule is CCCCCCCCS(=O)(=O)OC(CC(=O)[O-])C[N+](C)(C)C. The van der Waals surface area contributed by atoms with Crippen molar-refractivity contribution >= 4 is 16.1 Å². The molecule has 132 valence electrons. The van der Waals surface area contributed by atoms with Gasteiger partial charge in [0.2, 0.25) is 0 Å². The van der Waals surface area contributed by atoms with Crippen molar-refractivity contribution in [2.75, 3.05) is 33.4 Å². The van der Waals surface area contributed by atoms with Crippen LogP contribution >= 0.6 is 0 Å². The summed E-state index contributed by atoms with van der Waals surface area (Å²) >= 11 is 0. The van der Waals surface area contributed by atoms with Crippen molar-refractivity contribution in [3.63, 3.8) is 0 Å². The number of hydrogen-bond donors (Lipinski definition) is 0. The molecule has 0 fully saturated rings. The van der Waals surface area contributed by atoms with Gasteiger partial charge in [-0.25, -0.2) is 0 Å². The first-order chi connectivity index (χ1) is 10.1. The van der Waals surface area contributed by atoms with Crippen molar-refractivity contribution in [3.8, 4) is 0 Å². The molecule has 0 bridgehead atoms. The fourth-order valence-electron chi connectivity index (χ4n) is 2.24. The van der Waals surface area contributed by atoms with Crippen LogP contribution in [0.15, 0.2) is 0 Å². The van der Waals surface area contributed by atoms with Gasteiger partial charge in [-0.15, -0.1) is 0 Å². The molecule has 0 aromatic heterocycles. The highest BCUT2D eigenvalue weighted by molar-refractivity contribution is 7.86. The first-order valence-corrected chi connectivity index (χ1v) is 9.55. The summed E-state index contributed by atoms with van der Waals surface area (Å²) in [7, 11) is 1.87. The van der Waals surface area contributed by atoms with Crippen LogP contribution in [0.4, 0.5) is 0 Å². The van der Waals surface area contributed by atoms with E-state index in [4.69, 9.17) is 4.18 Å². The van der Waals surface area contributed by atoms with Gasteiger partial charge in [0.15, 0.2) is 0 Å². The zero-order valence-electron chi connectivity index (χ0n) is 14.3. The van der Waals surface area contributed by atoms with E-state index in [0.29, 0.717) is 17.4 Å². The zero-order chi connectivity index (χ0) is 17.2. The van der Waals surface area contributed by atoms with Crippen molar-refractivity contribution in [2.45, 2.75) is 58.0 Å². The molecule has 0 heterocycles. The standard InChI is InChI=1S/C15H31NO5S/c1-5-6-7-8-9-10-11-22(19,20)21-14(12-15(17)18)13-16(2,3)4/h14H,5-13H2,1-4H3. The second-order valence-electron chi connectivity index (χ2n) is 6.80. The van der Waals surface area contributed by atoms with E-state index in [-0.39, 0.29) is 5.75 Å². The fraction of sp³-hybridized carbons (Fsp3) is 0.933. The van der Waals surface area contributed by atoms with Crippen molar-refractivity contribution in [1.29, 1.82) is 0 Å². The highest BCUT2D eigenvalue weighted by atomic mass is 32.2. The molecule has 0 saturated carbocycles. The smallest absolute Gasteiger partial charge is 0.267 e. The van der Waals surface area contributed by atoms with Gasteiger partial charge in [0.1, 0.15) is 12.6 Å². The Hall–Kier alpha value is -0.660. The van der Waals surface area contributed by atoms with Crippen LogP contribution in [0, 0.1) is 0 Å². The first kappa shape index (κ1) is 21.3. The molecule has 0 spiro atoms. The maximum absolute atomic E-state index is 12.0. The van der Waals surface area contributed by atoms with Crippen molar-refractivity contribution in [2.24, 2.45) is 0 Å². The number of carboxylic acids is 1. The van der Waals surface area contributed by atoms with Crippen LogP contribution in [-0.2, 0) is 19.1 Å². The maximum atomic E-state index is 12.0. The zero-order valence-corrected chi connectivity index (χ0v) is 15.2. The molecule has 0 aromatic carbocycles. The van der Waals surface area contributed by atoms with Crippen molar-refractivity contribution in [3.05, 3.63) is 0 Å². The van der Waals surface area contributed by atoms with E-state index in [1.54, 1.807) is 0 Å². The summed E-state index contributed by atoms with van der Waals surface area (Å²) in [5, 5.41) is 10.7. The second-order valence-corrected chi connectivity index (χ2v) is 8.51. The fourth-order valence-corrected chi connectivity index (χ4v) is 3.44. The number of hydrogen-bond acceptors (Lipinski definition) is 5. The number of unbranched alkanes of at least 4 members (excludes halogenated alkanes) is 5. The Bertz CT molecular complexity index is 414. The average Bonchev–Trinajstić information content (AvgIpc) is 2.29. The topological polar surface area (TPSA) is 83.5 Å². The van der Waals surface area contributed by atoms with Crippen LogP contribution in [-0.4, -0.2) is 58.4 Å². The van der Waals surface area contributed by atoms with Crippen LogP contribution in [0.5, 0.6) is 0 Å². The molecular formula is C15H31NO5S. The Labute approximate surface area is 135 Å². The van der Waals surface area contributed by atoms with Gasteiger partial charge < -0.3 is 14.4 Å². The molecular weight excluding hydrogens is 306 g/mol. The van der Waals surface area contributed by atoms with Gasteiger partial charge >= 0.3 is 0 Å². The highest BCUT2D eigenvalue weighted by Crippen LogP contribution is 2.12. The number of quaternary nitrogens is 1. The molecule has 1 atom stereocenters. The minimum atomic E-state index is -3.69. The van der Waals surface area contributed by atoms with Crippen molar-refractivity contribution in [1.82, 2.24) is 0 Å². The quantitative estimate of drug-likeness (QED) is 0.283. The van der Waals surface area contributed by atoms with Crippen LogP contribution in [0.2, 0.25) is 0 Å². The molecule has 0 aliphatic rings. The summed E-state index contributed by atoms with van der Waals surface area (Å²) in [6.45, 7) is 2.42. The van der Waals surface area contributed by atoms with E-state index in [1.807, 2.05) is 21.1 Å². The van der Waals surface area contributed by atoms with Gasteiger partial charge in [-0.1, -0.05) is 39.0 Å². The van der Waals surface area contributed by atoms with E-state index in [2.05, 4.69) is 6.92 Å². The number of nitrogens with zero attached hydrogens (tertiary/aromatic N) is 1. The van der Waals surface area contributed by atoms with E-state index in [9.17, 15) is 18.3 Å². The number of carbonyl (C=O) groups excluding carboxylic acids is 1. The molecule has 0 aromatic rings. The Morgan fingerprint density at radius 2 is 1.64 bits per heavy atom. The molecule has 0 aliphatic carbocycles. The molecule has 0 radical (unpaired) electrons. The maximum Gasteiger partial charge on any atom is 0.267 e. The first-order valence-electron chi connectivity index (χ1n) is 7.97. The molecule has 7 heteroatoms. The van der Waals surface area contributed by atoms with Gasteiger partial charge in [0, 0.05) is 12.4 Å². The van der Waals surface area contributed by atoms with Gasteiger partial charge in [-0.3, -0.25) is 4.18 Å². The lowest BCUT2D eigenvalue weighted by molar-refractivity contribution is -0.873. The Kier molecular flexibility index (Phi) is 9.87. The van der Waals surface area contributed by atoms with Crippen molar-refractivity contribution < 1.29 is 27.0 Å². The summed E-state index contributed by atoms with van der Waals surface area (Å²) in [5.74, 6) is -1.35. The number of carboxylic acid groups (broad SMARTS) is 1. The molecule has 0 amide bonds. The number of likely N-dealkylation sites (N-methyl/N-ethyl adjacent to an activating group) is 1. The van der Waals surface area contributed by atoms with Crippen LogP contribution in [0.1, 0.15) is 51.9 Å². The third kappa shape index (κ3) is 13.0. The lowest BCUT2D eigenvalue weighted by atomic mass is 10.1. The lowest BCUT2D eigenvalue weighted by Crippen LogP contribution is -2.45. The number of rotatable bonds is 13. The second kappa shape index (κ2) is 10.2. The molecule has 0 rings (SSSR count). The molecule has 0 saturated heterocycles. The molecule has 6 nitrogen and oxygen atoms in total. The Balaban J connectivity index is 4.33. The summed E-state index contributed by atoms with van der Waals surface area (Å²) in [6.07, 6.45) is 4.56. The van der Waals surface area contributed by atoms with Crippen LogP contribution in [0.25, 0.3) is 0 Å². The molecule has 0 aliphatic heterocycles. The number of carbonyl (C=O) groups is 1. The van der Waals surface area contributed by atoms with E-state index >= 15 is 0 Å². The van der Waals surface area contributed by atoms with E-state index in [0.717, 1.165) is 25.7 Å². The van der Waals surface area contributed by atoms with Crippen LogP contribution < -0.4 is 5.11 Å². The molecule has 1 unspecified atom stereocenters. The monoisotopic (exact) mass is 337 g/mol. The lowest BCUT2D eigenvalue weighted by Gasteiger charge is -2.29. The minimum Gasteiger partial charge on any atom is -0.550 e. The largest absolute Gasteiger partial charge is 0.550 e. The third-order valence-corrected chi connectivity index (χ3v) is 4.53. The van der Waals surface area contributed by atoms with Gasteiger partial charge in [0.25, 0.3) is 10.1 Å². The summed E-state index contributed by atoms with van der Waals surface area (Å²) in [4.78, 5) is 10.7. The predicted octanol–water partition coefficient (Wildman–Crippen LogP) is 0.908. The Morgan fingerprint density at radius 3 is 2.14 bits per heavy atom. The van der Waals surface area contributed by atoms with E-state index in [1.165, 1.54) is 6.42 Å². The number of aliphatic carboxylic acids is 1. The van der Waals surface area contributed by atoms with Crippen LogP contribution in [0.3, 0.4) is 0 Å². The summed E-state index contributed by atoms with van der Waals surface area (Å²) in [5.41, 5.74) is 0. The van der Waals surface area contributed by atoms with Gasteiger partial charge in [0.05, 0.1) is 26.9 Å². The third-order valence-electron chi connectivity index (χ3n) is 3.18. The summed E-state index contributed by atoms with van der Waals surface area (Å²) < 4.78 is 29.4. The highest BCUT2D eigenvalue weighted by Gasteiger charge is 2.25. The van der Waals surface area contributed by atoms with Gasteiger partial charge in [-0.05, 0) is 6.42 Å². The van der Waals surface area contributed by atoms with E-state index < -0.39 is 28.6 Å². The van der Waals surface area contributed by atoms with Gasteiger partial charge in [-0.2, -0.15) is 8.42 Å². The average molecular weight is 337 g/mol. The Morgan fingerprint density at radius 1 is 1.09 bits per heavy atom. The minimum absolute atomic E-state index is 0.0557. The predicted molar refractivity (Wildman–Crippen MR) is 84.6 cm³/mol.